The predicted molar refractivity (Wildman–Crippen MR) is 122 cm³/mol. The van der Waals surface area contributed by atoms with Gasteiger partial charge in [0.05, 0.1) is 25.8 Å². The first-order valence-electron chi connectivity index (χ1n) is 9.85. The van der Waals surface area contributed by atoms with Gasteiger partial charge in [0, 0.05) is 37.0 Å². The van der Waals surface area contributed by atoms with Crippen LogP contribution >= 0.6 is 22.9 Å². The van der Waals surface area contributed by atoms with Crippen molar-refractivity contribution in [3.8, 4) is 0 Å². The van der Waals surface area contributed by atoms with E-state index in [0.29, 0.717) is 32.4 Å². The van der Waals surface area contributed by atoms with Crippen LogP contribution in [0.3, 0.4) is 0 Å². The molecule has 0 N–H and O–H groups in total. The van der Waals surface area contributed by atoms with Crippen LogP contribution < -0.4 is 4.90 Å². The molecule has 2 aromatic carbocycles. The Bertz CT molecular complexity index is 1240. The third-order valence-corrected chi connectivity index (χ3v) is 8.97. The van der Waals surface area contributed by atoms with Gasteiger partial charge in [-0.25, -0.2) is 17.8 Å². The fourth-order valence-corrected chi connectivity index (χ4v) is 6.42. The maximum Gasteiger partial charge on any atom is 0.269 e. The third kappa shape index (κ3) is 4.77. The van der Waals surface area contributed by atoms with Crippen molar-refractivity contribution < 1.29 is 17.7 Å². The van der Waals surface area contributed by atoms with Gasteiger partial charge in [-0.3, -0.25) is 10.1 Å². The first kappa shape index (κ1) is 22.6. The molecule has 0 amide bonds. The van der Waals surface area contributed by atoms with E-state index in [1.165, 1.54) is 47.7 Å². The summed E-state index contributed by atoms with van der Waals surface area (Å²) in [7, 11) is -3.57. The Morgan fingerprint density at radius 1 is 1.19 bits per heavy atom. The molecule has 0 saturated carbocycles. The molecule has 0 radical (unpaired) electrons. The van der Waals surface area contributed by atoms with Gasteiger partial charge in [0.15, 0.2) is 15.0 Å². The molecule has 1 fully saturated rings. The molecule has 11 heteroatoms. The Kier molecular flexibility index (Phi) is 6.45. The number of benzene rings is 2. The highest BCUT2D eigenvalue weighted by molar-refractivity contribution is 7.92. The quantitative estimate of drug-likeness (QED) is 0.357. The van der Waals surface area contributed by atoms with E-state index in [0.717, 1.165) is 16.4 Å². The molecule has 7 nitrogen and oxygen atoms in total. The van der Waals surface area contributed by atoms with Gasteiger partial charge in [-0.2, -0.15) is 0 Å². The molecule has 2 heterocycles. The van der Waals surface area contributed by atoms with Crippen LogP contribution in [0.25, 0.3) is 0 Å². The highest BCUT2D eigenvalue weighted by Gasteiger charge is 2.32. The summed E-state index contributed by atoms with van der Waals surface area (Å²) in [5.41, 5.74) is 1.45. The number of aromatic nitrogens is 1. The summed E-state index contributed by atoms with van der Waals surface area (Å²) in [6, 6.07) is 9.71. The molecule has 0 unspecified atom stereocenters. The number of thiazole rings is 1. The lowest BCUT2D eigenvalue weighted by atomic mass is 10.1. The second-order valence-corrected chi connectivity index (χ2v) is 11.0. The standard InChI is InChI=1S/C21H19ClFN3O4S2/c22-19-6-1-14(12-20(19)23)11-15-13-31-21(24-15)25-9-7-18(8-10-25)32(29,30)17-4-2-16(3-5-17)26(27)28/h1-6,12-13,18H,7-11H2. The Balaban J connectivity index is 1.39. The number of non-ortho nitro benzene ring substituents is 1. The molecule has 0 spiro atoms. The van der Waals surface area contributed by atoms with Gasteiger partial charge < -0.3 is 4.90 Å². The van der Waals surface area contributed by atoms with Crippen LogP contribution in [0.5, 0.6) is 0 Å². The largest absolute Gasteiger partial charge is 0.348 e. The van der Waals surface area contributed by atoms with Gasteiger partial charge in [-0.15, -0.1) is 11.3 Å². The molecule has 0 aliphatic carbocycles. The number of piperidine rings is 1. The molecule has 32 heavy (non-hydrogen) atoms. The van der Waals surface area contributed by atoms with Crippen LogP contribution in [0, 0.1) is 15.9 Å². The number of halogens is 2. The van der Waals surface area contributed by atoms with Crippen molar-refractivity contribution in [1.29, 1.82) is 0 Å². The van der Waals surface area contributed by atoms with Gasteiger partial charge in [0.2, 0.25) is 0 Å². The average Bonchev–Trinajstić information content (AvgIpc) is 3.25. The molecule has 1 aliphatic heterocycles. The zero-order valence-corrected chi connectivity index (χ0v) is 19.2. The van der Waals surface area contributed by atoms with Crippen LogP contribution in [0.4, 0.5) is 15.2 Å². The highest BCUT2D eigenvalue weighted by atomic mass is 35.5. The minimum Gasteiger partial charge on any atom is -0.348 e. The van der Waals surface area contributed by atoms with Gasteiger partial charge in [-0.05, 0) is 42.7 Å². The molecule has 1 saturated heterocycles. The Hall–Kier alpha value is -2.56. The zero-order valence-electron chi connectivity index (χ0n) is 16.8. The third-order valence-electron chi connectivity index (χ3n) is 5.44. The summed E-state index contributed by atoms with van der Waals surface area (Å²) in [6.45, 7) is 1.08. The zero-order chi connectivity index (χ0) is 22.9. The molecule has 1 aliphatic rings. The fourth-order valence-electron chi connectivity index (χ4n) is 3.69. The Labute approximate surface area is 193 Å². The second kappa shape index (κ2) is 9.13. The van der Waals surface area contributed by atoms with Crippen molar-refractivity contribution in [2.45, 2.75) is 29.4 Å². The van der Waals surface area contributed by atoms with E-state index in [9.17, 15) is 22.9 Å². The number of hydrogen-bond acceptors (Lipinski definition) is 7. The molecular formula is C21H19ClFN3O4S2. The molecule has 0 atom stereocenters. The lowest BCUT2D eigenvalue weighted by molar-refractivity contribution is -0.384. The van der Waals surface area contributed by atoms with E-state index in [4.69, 9.17) is 11.6 Å². The molecular weight excluding hydrogens is 477 g/mol. The monoisotopic (exact) mass is 495 g/mol. The number of rotatable bonds is 6. The summed E-state index contributed by atoms with van der Waals surface area (Å²) < 4.78 is 39.5. The first-order chi connectivity index (χ1) is 15.2. The molecule has 1 aromatic heterocycles. The van der Waals surface area contributed by atoms with E-state index >= 15 is 0 Å². The summed E-state index contributed by atoms with van der Waals surface area (Å²) in [4.78, 5) is 17.0. The summed E-state index contributed by atoms with van der Waals surface area (Å²) in [6.07, 6.45) is 1.36. The van der Waals surface area contributed by atoms with Gasteiger partial charge >= 0.3 is 0 Å². The SMILES string of the molecule is O=[N+]([O-])c1ccc(S(=O)(=O)C2CCN(c3nc(Cc4ccc(Cl)c(F)c4)cs3)CC2)cc1. The maximum absolute atomic E-state index is 13.7. The van der Waals surface area contributed by atoms with Crippen molar-refractivity contribution in [3.05, 3.63) is 80.1 Å². The van der Waals surface area contributed by atoms with Crippen molar-refractivity contribution in [1.82, 2.24) is 4.98 Å². The number of nitrogens with zero attached hydrogens (tertiary/aromatic N) is 3. The number of nitro groups is 1. The Morgan fingerprint density at radius 2 is 1.88 bits per heavy atom. The number of hydrogen-bond donors (Lipinski definition) is 0. The van der Waals surface area contributed by atoms with E-state index in [-0.39, 0.29) is 15.6 Å². The predicted octanol–water partition coefficient (Wildman–Crippen LogP) is 4.88. The number of nitro benzene ring substituents is 1. The first-order valence-corrected chi connectivity index (χ1v) is 12.7. The van der Waals surface area contributed by atoms with Crippen LogP contribution in [0.15, 0.2) is 52.7 Å². The van der Waals surface area contributed by atoms with Gasteiger partial charge in [0.25, 0.3) is 5.69 Å². The minimum atomic E-state index is -3.57. The van der Waals surface area contributed by atoms with Crippen LogP contribution in [0.1, 0.15) is 24.1 Å². The number of sulfone groups is 1. The molecule has 0 bridgehead atoms. The molecule has 4 rings (SSSR count). The summed E-state index contributed by atoms with van der Waals surface area (Å²) in [5, 5.41) is 13.1. The van der Waals surface area contributed by atoms with E-state index in [1.54, 1.807) is 6.07 Å². The molecule has 3 aromatic rings. The highest BCUT2D eigenvalue weighted by Crippen LogP contribution is 2.30. The van der Waals surface area contributed by atoms with E-state index in [2.05, 4.69) is 9.88 Å². The second-order valence-electron chi connectivity index (χ2n) is 7.53. The van der Waals surface area contributed by atoms with E-state index < -0.39 is 25.8 Å². The normalized spacial score (nSPS) is 15.1. The lowest BCUT2D eigenvalue weighted by Crippen LogP contribution is -2.39. The van der Waals surface area contributed by atoms with E-state index in [1.807, 2.05) is 5.38 Å². The average molecular weight is 496 g/mol. The van der Waals surface area contributed by atoms with Crippen molar-refractivity contribution >= 4 is 43.6 Å². The van der Waals surface area contributed by atoms with Crippen LogP contribution in [0.2, 0.25) is 5.02 Å². The fraction of sp³-hybridized carbons (Fsp3) is 0.286. The van der Waals surface area contributed by atoms with Crippen molar-refractivity contribution in [2.24, 2.45) is 0 Å². The summed E-state index contributed by atoms with van der Waals surface area (Å²) >= 11 is 7.20. The lowest BCUT2D eigenvalue weighted by Gasteiger charge is -2.31. The van der Waals surface area contributed by atoms with Gasteiger partial charge in [0.1, 0.15) is 5.82 Å². The minimum absolute atomic E-state index is 0.0827. The summed E-state index contributed by atoms with van der Waals surface area (Å²) in [5.74, 6) is -0.462. The maximum atomic E-state index is 13.7. The molecule has 168 valence electrons. The van der Waals surface area contributed by atoms with Crippen molar-refractivity contribution in [3.63, 3.8) is 0 Å². The van der Waals surface area contributed by atoms with Gasteiger partial charge in [-0.1, -0.05) is 17.7 Å². The van der Waals surface area contributed by atoms with Crippen LogP contribution in [-0.4, -0.2) is 36.7 Å². The topological polar surface area (TPSA) is 93.4 Å². The smallest absolute Gasteiger partial charge is 0.269 e. The Morgan fingerprint density at radius 3 is 2.50 bits per heavy atom. The number of anilines is 1. The van der Waals surface area contributed by atoms with Crippen molar-refractivity contribution in [2.75, 3.05) is 18.0 Å². The van der Waals surface area contributed by atoms with Crippen LogP contribution in [-0.2, 0) is 16.3 Å².